The molecule has 1 heterocycles. The summed E-state index contributed by atoms with van der Waals surface area (Å²) in [7, 11) is 6.15. The van der Waals surface area contributed by atoms with Gasteiger partial charge in [-0.1, -0.05) is 98.6 Å². The fourth-order valence-corrected chi connectivity index (χ4v) is 3.62. The molecule has 2 radical (unpaired) electrons. The molecule has 0 aliphatic heterocycles. The molecule has 3 rings (SSSR count). The Labute approximate surface area is 186 Å². The van der Waals surface area contributed by atoms with Gasteiger partial charge in [0.15, 0.2) is 0 Å². The Bertz CT molecular complexity index is 776. The van der Waals surface area contributed by atoms with Crippen molar-refractivity contribution in [3.8, 4) is 0 Å². The second kappa shape index (κ2) is 13.5. The molecule has 1 aromatic heterocycles. The van der Waals surface area contributed by atoms with Gasteiger partial charge in [-0.2, -0.15) is 0 Å². The molecule has 152 valence electrons. The molecule has 0 unspecified atom stereocenters. The van der Waals surface area contributed by atoms with Gasteiger partial charge in [0.25, 0.3) is 0 Å². The van der Waals surface area contributed by atoms with E-state index in [4.69, 9.17) is 31.0 Å². The number of hydrogen-bond acceptors (Lipinski definition) is 1. The summed E-state index contributed by atoms with van der Waals surface area (Å²) in [6.45, 7) is 3.39. The van der Waals surface area contributed by atoms with Gasteiger partial charge in [-0.3, -0.25) is 0 Å². The highest BCUT2D eigenvalue weighted by atomic mass is 35.5. The summed E-state index contributed by atoms with van der Waals surface area (Å²) in [4.78, 5) is 4.01. The maximum Gasteiger partial charge on any atom is 0.0945 e. The number of benzene rings is 2. The lowest BCUT2D eigenvalue weighted by Crippen LogP contribution is -2.01. The van der Waals surface area contributed by atoms with E-state index < -0.39 is 0 Å². The van der Waals surface area contributed by atoms with Crippen LogP contribution in [0.5, 0.6) is 0 Å². The van der Waals surface area contributed by atoms with E-state index in [0.717, 1.165) is 17.7 Å². The molecule has 0 atom stereocenters. The first kappa shape index (κ1) is 23.6. The highest BCUT2D eigenvalue weighted by molar-refractivity contribution is 6.34. The minimum Gasteiger partial charge on any atom is -0.337 e. The molecule has 5 heteroatoms. The number of hydrogen-bond donors (Lipinski definition) is 0. The predicted octanol–water partition coefficient (Wildman–Crippen LogP) is 7.49. The van der Waals surface area contributed by atoms with Crippen LogP contribution >= 0.6 is 23.2 Å². The van der Waals surface area contributed by atoms with Gasteiger partial charge in [0.2, 0.25) is 0 Å². The van der Waals surface area contributed by atoms with Gasteiger partial charge in [0.1, 0.15) is 0 Å². The molecule has 0 spiro atoms. The molecule has 0 aliphatic rings. The standard InChI is InChI=1S/C13H9BCl2.C11H20N2/c14-13(9-5-1-3-7-11(9)15)10-6-2-4-8-12(10)16;1-2-3-4-5-6-7-9-13-10-8-12-11-13/h1-8,13H;8,10-11H,2-7,9H2,1H3. The third-order valence-electron chi connectivity index (χ3n) is 4.81. The van der Waals surface area contributed by atoms with Crippen LogP contribution in [0.4, 0.5) is 0 Å². The fourth-order valence-electron chi connectivity index (χ4n) is 3.12. The summed E-state index contributed by atoms with van der Waals surface area (Å²) in [6.07, 6.45) is 13.9. The van der Waals surface area contributed by atoms with Gasteiger partial charge < -0.3 is 4.57 Å². The Morgan fingerprint density at radius 1 is 0.862 bits per heavy atom. The zero-order valence-electron chi connectivity index (χ0n) is 17.1. The Kier molecular flexibility index (Phi) is 11.0. The van der Waals surface area contributed by atoms with Crippen LogP contribution in [-0.2, 0) is 6.54 Å². The first-order chi connectivity index (χ1) is 14.1. The van der Waals surface area contributed by atoms with Crippen LogP contribution in [0.2, 0.25) is 10.0 Å². The minimum absolute atomic E-state index is 0.289. The zero-order chi connectivity index (χ0) is 20.9. The van der Waals surface area contributed by atoms with Crippen molar-refractivity contribution < 1.29 is 0 Å². The van der Waals surface area contributed by atoms with Gasteiger partial charge >= 0.3 is 0 Å². The predicted molar refractivity (Wildman–Crippen MR) is 126 cm³/mol. The van der Waals surface area contributed by atoms with Gasteiger partial charge in [0, 0.05) is 29.0 Å². The van der Waals surface area contributed by atoms with Gasteiger partial charge in [0.05, 0.1) is 14.2 Å². The molecule has 2 aromatic carbocycles. The lowest BCUT2D eigenvalue weighted by Gasteiger charge is -2.15. The summed E-state index contributed by atoms with van der Waals surface area (Å²) in [5.41, 5.74) is 1.77. The summed E-state index contributed by atoms with van der Waals surface area (Å²) in [5.74, 6) is -0.289. The third kappa shape index (κ3) is 8.28. The highest BCUT2D eigenvalue weighted by Crippen LogP contribution is 2.31. The molecule has 0 N–H and O–H groups in total. The molecule has 0 fully saturated rings. The van der Waals surface area contributed by atoms with Crippen LogP contribution in [0.25, 0.3) is 0 Å². The van der Waals surface area contributed by atoms with Crippen molar-refractivity contribution >= 4 is 31.0 Å². The lowest BCUT2D eigenvalue weighted by molar-refractivity contribution is 0.558. The smallest absolute Gasteiger partial charge is 0.0945 e. The van der Waals surface area contributed by atoms with Crippen LogP contribution in [0, 0.1) is 0 Å². The number of aromatic nitrogens is 2. The van der Waals surface area contributed by atoms with Crippen LogP contribution in [0.15, 0.2) is 67.3 Å². The Balaban J connectivity index is 0.000000212. The van der Waals surface area contributed by atoms with Crippen molar-refractivity contribution in [3.63, 3.8) is 0 Å². The maximum absolute atomic E-state index is 6.15. The second-order valence-corrected chi connectivity index (χ2v) is 7.90. The van der Waals surface area contributed by atoms with Crippen molar-refractivity contribution in [2.75, 3.05) is 0 Å². The Hall–Kier alpha value is -1.71. The number of nitrogens with zero attached hydrogens (tertiary/aromatic N) is 2. The number of rotatable bonds is 9. The fraction of sp³-hybridized carbons (Fsp3) is 0.375. The summed E-state index contributed by atoms with van der Waals surface area (Å²) < 4.78 is 2.15. The normalized spacial score (nSPS) is 10.6. The summed E-state index contributed by atoms with van der Waals surface area (Å²) >= 11 is 12.2. The molecular formula is C24H29BCl2N2. The molecule has 2 nitrogen and oxygen atoms in total. The van der Waals surface area contributed by atoms with E-state index in [1.165, 1.54) is 38.5 Å². The van der Waals surface area contributed by atoms with Gasteiger partial charge in [-0.05, 0) is 35.5 Å². The topological polar surface area (TPSA) is 17.8 Å². The lowest BCUT2D eigenvalue weighted by atomic mass is 9.76. The van der Waals surface area contributed by atoms with Crippen LogP contribution in [-0.4, -0.2) is 17.4 Å². The molecule has 3 aromatic rings. The molecule has 0 aliphatic carbocycles. The number of halogens is 2. The van der Waals surface area contributed by atoms with Crippen molar-refractivity contribution in [1.29, 1.82) is 0 Å². The van der Waals surface area contributed by atoms with E-state index in [2.05, 4.69) is 16.5 Å². The van der Waals surface area contributed by atoms with Crippen molar-refractivity contribution in [1.82, 2.24) is 9.55 Å². The van der Waals surface area contributed by atoms with Crippen LogP contribution in [0.1, 0.15) is 62.4 Å². The molecule has 0 bridgehead atoms. The first-order valence-corrected chi connectivity index (χ1v) is 11.1. The van der Waals surface area contributed by atoms with E-state index in [0.29, 0.717) is 10.0 Å². The molecular weight excluding hydrogens is 398 g/mol. The molecule has 0 amide bonds. The number of aryl methyl sites for hydroxylation is 1. The van der Waals surface area contributed by atoms with E-state index in [1.54, 1.807) is 0 Å². The Morgan fingerprint density at radius 3 is 1.93 bits per heavy atom. The zero-order valence-corrected chi connectivity index (χ0v) is 18.6. The minimum atomic E-state index is -0.289. The largest absolute Gasteiger partial charge is 0.337 e. The van der Waals surface area contributed by atoms with E-state index in [-0.39, 0.29) is 5.82 Å². The van der Waals surface area contributed by atoms with Crippen molar-refractivity contribution in [2.45, 2.75) is 57.8 Å². The van der Waals surface area contributed by atoms with Crippen molar-refractivity contribution in [2.24, 2.45) is 0 Å². The monoisotopic (exact) mass is 426 g/mol. The first-order valence-electron chi connectivity index (χ1n) is 10.3. The van der Waals surface area contributed by atoms with Gasteiger partial charge in [-0.25, -0.2) is 4.98 Å². The number of imidazole rings is 1. The molecule has 29 heavy (non-hydrogen) atoms. The quantitative estimate of drug-likeness (QED) is 0.256. The highest BCUT2D eigenvalue weighted by Gasteiger charge is 2.13. The molecule has 0 saturated carbocycles. The second-order valence-electron chi connectivity index (χ2n) is 7.09. The number of unbranched alkanes of at least 4 members (excludes halogenated alkanes) is 5. The molecule has 0 saturated heterocycles. The summed E-state index contributed by atoms with van der Waals surface area (Å²) in [6, 6.07) is 15.1. The van der Waals surface area contributed by atoms with E-state index in [1.807, 2.05) is 67.3 Å². The van der Waals surface area contributed by atoms with Crippen LogP contribution in [0.3, 0.4) is 0 Å². The maximum atomic E-state index is 6.15. The third-order valence-corrected chi connectivity index (χ3v) is 5.50. The van der Waals surface area contributed by atoms with E-state index in [9.17, 15) is 0 Å². The van der Waals surface area contributed by atoms with E-state index >= 15 is 0 Å². The van der Waals surface area contributed by atoms with Gasteiger partial charge in [-0.15, -0.1) is 0 Å². The average molecular weight is 427 g/mol. The summed E-state index contributed by atoms with van der Waals surface area (Å²) in [5, 5.41) is 1.32. The van der Waals surface area contributed by atoms with Crippen molar-refractivity contribution in [3.05, 3.63) is 88.4 Å². The Morgan fingerprint density at radius 2 is 1.41 bits per heavy atom. The van der Waals surface area contributed by atoms with Crippen LogP contribution < -0.4 is 0 Å². The SMILES string of the molecule is CCCCCCCCn1ccnc1.[B]C(c1ccccc1Cl)c1ccccc1Cl. The average Bonchev–Trinajstić information content (AvgIpc) is 3.25.